The van der Waals surface area contributed by atoms with Crippen molar-refractivity contribution in [1.29, 1.82) is 0 Å². The highest BCUT2D eigenvalue weighted by atomic mass is 16.3. The number of furan rings is 1. The molecule has 0 saturated heterocycles. The van der Waals surface area contributed by atoms with Crippen LogP contribution in [0.25, 0.3) is 55.4 Å². The third-order valence-corrected chi connectivity index (χ3v) is 7.88. The molecule has 0 bridgehead atoms. The Morgan fingerprint density at radius 1 is 0.432 bits per heavy atom. The summed E-state index contributed by atoms with van der Waals surface area (Å²) in [7, 11) is 0. The predicted octanol–water partition coefficient (Wildman–Crippen LogP) is 8.52. The predicted molar refractivity (Wildman–Crippen MR) is 173 cm³/mol. The van der Waals surface area contributed by atoms with Crippen LogP contribution in [0.3, 0.4) is 0 Å². The third kappa shape index (κ3) is 3.93. The molecule has 0 radical (unpaired) electrons. The summed E-state index contributed by atoms with van der Waals surface area (Å²) >= 11 is 0. The lowest BCUT2D eigenvalue weighted by Crippen LogP contribution is -2.11. The van der Waals surface area contributed by atoms with Crippen LogP contribution in [0.15, 0.2) is 144 Å². The Hall–Kier alpha value is -6.28. The first-order valence-electron chi connectivity index (χ1n) is 14.3. The Balaban J connectivity index is 1.17. The molecular weight excluding hydrogens is 546 g/mol. The van der Waals surface area contributed by atoms with Crippen LogP contribution < -0.4 is 4.90 Å². The summed E-state index contributed by atoms with van der Waals surface area (Å²) in [5.41, 5.74) is 9.72. The van der Waals surface area contributed by atoms with Gasteiger partial charge in [-0.2, -0.15) is 9.59 Å². The Kier molecular flexibility index (Phi) is 5.33. The van der Waals surface area contributed by atoms with Crippen LogP contribution in [0.4, 0.5) is 17.1 Å². The van der Waals surface area contributed by atoms with Gasteiger partial charge in [-0.3, -0.25) is 0 Å². The maximum Gasteiger partial charge on any atom is 0.159 e. The molecule has 0 atom stereocenters. The summed E-state index contributed by atoms with van der Waals surface area (Å²) in [6.07, 6.45) is 0. The first-order chi connectivity index (χ1) is 21.8. The first kappa shape index (κ1) is 24.3. The van der Waals surface area contributed by atoms with E-state index in [9.17, 15) is 0 Å². The molecule has 0 spiro atoms. The van der Waals surface area contributed by atoms with Gasteiger partial charge in [-0.1, -0.05) is 54.6 Å². The van der Waals surface area contributed by atoms with Crippen LogP contribution in [0.1, 0.15) is 0 Å². The molecule has 44 heavy (non-hydrogen) atoms. The number of nitrogens with zero attached hydrogens (tertiary/aromatic N) is 7. The molecule has 0 aliphatic carbocycles. The van der Waals surface area contributed by atoms with Crippen molar-refractivity contribution >= 4 is 61.1 Å². The molecule has 0 N–H and O–H groups in total. The molecule has 208 valence electrons. The molecule has 0 fully saturated rings. The molecule has 6 aromatic carbocycles. The Morgan fingerprint density at radius 3 is 1.41 bits per heavy atom. The zero-order chi connectivity index (χ0) is 29.0. The number of anilines is 3. The molecule has 3 heterocycles. The topological polar surface area (TPSA) is 77.8 Å². The van der Waals surface area contributed by atoms with E-state index in [0.717, 1.165) is 72.4 Å². The Labute approximate surface area is 251 Å². The quantitative estimate of drug-likeness (QED) is 0.207. The van der Waals surface area contributed by atoms with Gasteiger partial charge in [-0.25, -0.2) is 0 Å². The second kappa shape index (κ2) is 9.64. The number of fused-ring (bicyclic) bond motifs is 5. The number of aromatic nitrogens is 6. The maximum atomic E-state index is 6.47. The molecule has 3 aromatic heterocycles. The largest absolute Gasteiger partial charge is 0.454 e. The van der Waals surface area contributed by atoms with E-state index in [4.69, 9.17) is 4.42 Å². The normalized spacial score (nSPS) is 11.6. The van der Waals surface area contributed by atoms with Gasteiger partial charge in [-0.05, 0) is 84.9 Å². The lowest BCUT2D eigenvalue weighted by molar-refractivity contribution is 0.669. The van der Waals surface area contributed by atoms with Crippen molar-refractivity contribution in [2.45, 2.75) is 0 Å². The summed E-state index contributed by atoms with van der Waals surface area (Å²) in [6, 6.07) is 46.6. The smallest absolute Gasteiger partial charge is 0.159 e. The van der Waals surface area contributed by atoms with Gasteiger partial charge in [0.25, 0.3) is 0 Å². The second-order valence-electron chi connectivity index (χ2n) is 10.6. The number of benzene rings is 6. The standard InChI is InChI=1S/C36H23N7O/c1-6-15-35-28(8-1)29-9-7-14-34(36(29)44-35)41(24-16-20-26(21-17-24)42-37-30-10-2-3-11-31(30)38-42)25-18-22-27(23-19-25)43-39-32-12-4-5-13-33(32)40-43/h1-23H. The van der Waals surface area contributed by atoms with Crippen molar-refractivity contribution in [3.63, 3.8) is 0 Å². The summed E-state index contributed by atoms with van der Waals surface area (Å²) in [5, 5.41) is 20.8. The summed E-state index contributed by atoms with van der Waals surface area (Å²) in [4.78, 5) is 5.56. The molecule has 8 nitrogen and oxygen atoms in total. The van der Waals surface area contributed by atoms with E-state index < -0.39 is 0 Å². The SMILES string of the molecule is c1ccc2nn(-c3ccc(N(c4ccc(-n5nc6ccccc6n5)cc4)c4cccc5c4oc4ccccc45)cc3)nc2c1. The zero-order valence-corrected chi connectivity index (χ0v) is 23.3. The first-order valence-corrected chi connectivity index (χ1v) is 14.3. The van der Waals surface area contributed by atoms with Crippen molar-refractivity contribution < 1.29 is 4.42 Å². The lowest BCUT2D eigenvalue weighted by atomic mass is 10.1. The minimum absolute atomic E-state index is 0.821. The van der Waals surface area contributed by atoms with Crippen LogP contribution in [0.2, 0.25) is 0 Å². The average molecular weight is 570 g/mol. The van der Waals surface area contributed by atoms with Gasteiger partial charge in [0.2, 0.25) is 0 Å². The van der Waals surface area contributed by atoms with E-state index in [2.05, 4.69) is 73.8 Å². The molecule has 9 aromatic rings. The van der Waals surface area contributed by atoms with Crippen LogP contribution >= 0.6 is 0 Å². The van der Waals surface area contributed by atoms with Gasteiger partial charge >= 0.3 is 0 Å². The highest BCUT2D eigenvalue weighted by Gasteiger charge is 2.20. The third-order valence-electron chi connectivity index (χ3n) is 7.88. The maximum absolute atomic E-state index is 6.47. The van der Waals surface area contributed by atoms with E-state index in [1.54, 1.807) is 9.59 Å². The number of hydrogen-bond acceptors (Lipinski definition) is 6. The molecule has 0 aliphatic heterocycles. The van der Waals surface area contributed by atoms with Crippen molar-refractivity contribution in [1.82, 2.24) is 30.0 Å². The molecule has 8 heteroatoms. The minimum Gasteiger partial charge on any atom is -0.454 e. The van der Waals surface area contributed by atoms with Crippen molar-refractivity contribution in [2.75, 3.05) is 4.90 Å². The Bertz CT molecular complexity index is 2270. The van der Waals surface area contributed by atoms with Crippen LogP contribution in [-0.2, 0) is 0 Å². The highest BCUT2D eigenvalue weighted by molar-refractivity contribution is 6.10. The van der Waals surface area contributed by atoms with Crippen molar-refractivity contribution in [3.05, 3.63) is 140 Å². The summed E-state index contributed by atoms with van der Waals surface area (Å²) in [5.74, 6) is 0. The van der Waals surface area contributed by atoms with Gasteiger partial charge < -0.3 is 9.32 Å². The molecule has 0 saturated carbocycles. The zero-order valence-electron chi connectivity index (χ0n) is 23.3. The van der Waals surface area contributed by atoms with Gasteiger partial charge in [0, 0.05) is 22.1 Å². The van der Waals surface area contributed by atoms with Crippen LogP contribution in [0, 0.1) is 0 Å². The second-order valence-corrected chi connectivity index (χ2v) is 10.6. The average Bonchev–Trinajstić information content (AvgIpc) is 3.81. The van der Waals surface area contributed by atoms with Crippen molar-refractivity contribution in [3.8, 4) is 11.4 Å². The van der Waals surface area contributed by atoms with Crippen LogP contribution in [0.5, 0.6) is 0 Å². The van der Waals surface area contributed by atoms with E-state index in [1.165, 1.54) is 0 Å². The van der Waals surface area contributed by atoms with Crippen LogP contribution in [-0.4, -0.2) is 30.0 Å². The number of para-hydroxylation sites is 2. The molecule has 9 rings (SSSR count). The van der Waals surface area contributed by atoms with E-state index in [0.29, 0.717) is 0 Å². The monoisotopic (exact) mass is 569 g/mol. The van der Waals surface area contributed by atoms with E-state index in [1.807, 2.05) is 91.0 Å². The number of rotatable bonds is 5. The minimum atomic E-state index is 0.821. The lowest BCUT2D eigenvalue weighted by Gasteiger charge is -2.25. The van der Waals surface area contributed by atoms with E-state index >= 15 is 0 Å². The van der Waals surface area contributed by atoms with Gasteiger partial charge in [0.05, 0.1) is 17.1 Å². The Morgan fingerprint density at radius 2 is 0.886 bits per heavy atom. The number of hydrogen-bond donors (Lipinski definition) is 0. The molecule has 0 unspecified atom stereocenters. The van der Waals surface area contributed by atoms with Gasteiger partial charge in [-0.15, -0.1) is 20.4 Å². The van der Waals surface area contributed by atoms with Gasteiger partial charge in [0.1, 0.15) is 27.6 Å². The van der Waals surface area contributed by atoms with E-state index in [-0.39, 0.29) is 0 Å². The van der Waals surface area contributed by atoms with Gasteiger partial charge in [0.15, 0.2) is 5.58 Å². The molecular formula is C36H23N7O. The fourth-order valence-electron chi connectivity index (χ4n) is 5.76. The summed E-state index contributed by atoms with van der Waals surface area (Å²) in [6.45, 7) is 0. The summed E-state index contributed by atoms with van der Waals surface area (Å²) < 4.78 is 6.47. The fraction of sp³-hybridized carbons (Fsp3) is 0. The molecule has 0 amide bonds. The fourth-order valence-corrected chi connectivity index (χ4v) is 5.76. The highest BCUT2D eigenvalue weighted by Crippen LogP contribution is 2.42. The van der Waals surface area contributed by atoms with Crippen molar-refractivity contribution in [2.24, 2.45) is 0 Å². The molecule has 0 aliphatic rings.